The van der Waals surface area contributed by atoms with Gasteiger partial charge in [-0.1, -0.05) is 47.7 Å². The van der Waals surface area contributed by atoms with Crippen molar-refractivity contribution in [3.05, 3.63) is 34.1 Å². The van der Waals surface area contributed by atoms with Crippen LogP contribution in [-0.2, 0) is 0 Å². The van der Waals surface area contributed by atoms with Gasteiger partial charge in [-0.15, -0.1) is 0 Å². The smallest absolute Gasteiger partial charge is 0.124 e. The highest BCUT2D eigenvalue weighted by atomic mass is 79.9. The molecule has 1 aromatic carbocycles. The van der Waals surface area contributed by atoms with Crippen LogP contribution < -0.4 is 5.73 Å². The van der Waals surface area contributed by atoms with Gasteiger partial charge in [-0.2, -0.15) is 0 Å². The van der Waals surface area contributed by atoms with Crippen LogP contribution in [0.2, 0.25) is 0 Å². The summed E-state index contributed by atoms with van der Waals surface area (Å²) in [5.41, 5.74) is 7.19. The number of nitrogens with two attached hydrogens (primary N) is 1. The van der Waals surface area contributed by atoms with Gasteiger partial charge in [0, 0.05) is 10.5 Å². The van der Waals surface area contributed by atoms with Crippen molar-refractivity contribution < 1.29 is 4.39 Å². The summed E-state index contributed by atoms with van der Waals surface area (Å²) < 4.78 is 13.8. The first kappa shape index (κ1) is 13.0. The largest absolute Gasteiger partial charge is 0.324 e. The number of benzene rings is 1. The minimum atomic E-state index is -0.219. The van der Waals surface area contributed by atoms with E-state index in [1.54, 1.807) is 6.07 Å². The summed E-state index contributed by atoms with van der Waals surface area (Å²) in [6, 6.07) is 4.78. The Hall–Kier alpha value is -0.410. The molecule has 2 N–H and O–H groups in total. The van der Waals surface area contributed by atoms with Crippen molar-refractivity contribution in [3.8, 4) is 0 Å². The van der Waals surface area contributed by atoms with E-state index in [1.807, 2.05) is 0 Å². The van der Waals surface area contributed by atoms with Gasteiger partial charge in [0.2, 0.25) is 0 Å². The van der Waals surface area contributed by atoms with Crippen molar-refractivity contribution in [3.63, 3.8) is 0 Å². The van der Waals surface area contributed by atoms with E-state index in [1.165, 1.54) is 44.2 Å². The van der Waals surface area contributed by atoms with Crippen molar-refractivity contribution in [2.75, 3.05) is 0 Å². The van der Waals surface area contributed by atoms with Crippen LogP contribution in [0.25, 0.3) is 0 Å². The van der Waals surface area contributed by atoms with Crippen LogP contribution in [0.4, 0.5) is 4.39 Å². The van der Waals surface area contributed by atoms with Crippen LogP contribution in [-0.4, -0.2) is 0 Å². The predicted molar refractivity (Wildman–Crippen MR) is 72.2 cm³/mol. The van der Waals surface area contributed by atoms with E-state index >= 15 is 0 Å². The maximum Gasteiger partial charge on any atom is 0.124 e. The Morgan fingerprint density at radius 1 is 1.35 bits per heavy atom. The highest BCUT2D eigenvalue weighted by Crippen LogP contribution is 2.32. The summed E-state index contributed by atoms with van der Waals surface area (Å²) in [7, 11) is 0. The monoisotopic (exact) mass is 299 g/mol. The summed E-state index contributed by atoms with van der Waals surface area (Å²) in [5, 5.41) is 0. The van der Waals surface area contributed by atoms with Gasteiger partial charge in [0.15, 0.2) is 0 Å². The summed E-state index contributed by atoms with van der Waals surface area (Å²) >= 11 is 3.38. The highest BCUT2D eigenvalue weighted by molar-refractivity contribution is 9.10. The molecule has 0 amide bonds. The maximum absolute atomic E-state index is 13.0. The van der Waals surface area contributed by atoms with E-state index in [-0.39, 0.29) is 11.9 Å². The van der Waals surface area contributed by atoms with E-state index in [4.69, 9.17) is 5.73 Å². The topological polar surface area (TPSA) is 26.0 Å². The molecule has 2 rings (SSSR count). The second kappa shape index (κ2) is 5.96. The zero-order chi connectivity index (χ0) is 12.3. The summed E-state index contributed by atoms with van der Waals surface area (Å²) in [4.78, 5) is 0. The van der Waals surface area contributed by atoms with Crippen molar-refractivity contribution in [1.82, 2.24) is 0 Å². The van der Waals surface area contributed by atoms with E-state index < -0.39 is 0 Å². The zero-order valence-electron chi connectivity index (χ0n) is 9.96. The lowest BCUT2D eigenvalue weighted by Gasteiger charge is -2.16. The second-order valence-corrected chi connectivity index (χ2v) is 5.85. The van der Waals surface area contributed by atoms with E-state index in [0.29, 0.717) is 0 Å². The molecule has 0 bridgehead atoms. The van der Waals surface area contributed by atoms with Crippen molar-refractivity contribution in [2.45, 2.75) is 44.6 Å². The Balaban J connectivity index is 1.91. The molecule has 1 aromatic rings. The fourth-order valence-corrected chi connectivity index (χ4v) is 3.32. The number of hydrogen-bond donors (Lipinski definition) is 1. The minimum absolute atomic E-state index is 0.0191. The number of halogens is 2. The van der Waals surface area contributed by atoms with Crippen molar-refractivity contribution in [2.24, 2.45) is 11.7 Å². The van der Waals surface area contributed by atoms with Gasteiger partial charge < -0.3 is 5.73 Å². The van der Waals surface area contributed by atoms with Gasteiger partial charge in [-0.25, -0.2) is 4.39 Å². The molecule has 0 heterocycles. The predicted octanol–water partition coefficient (Wildman–Crippen LogP) is 4.56. The third-order valence-corrected chi connectivity index (χ3v) is 4.41. The van der Waals surface area contributed by atoms with Crippen molar-refractivity contribution in [1.29, 1.82) is 0 Å². The first-order valence-corrected chi connectivity index (χ1v) is 7.16. The Morgan fingerprint density at radius 2 is 2.06 bits per heavy atom. The minimum Gasteiger partial charge on any atom is -0.324 e. The zero-order valence-corrected chi connectivity index (χ0v) is 11.5. The molecule has 0 radical (unpaired) electrons. The van der Waals surface area contributed by atoms with Gasteiger partial charge >= 0.3 is 0 Å². The molecular formula is C14H19BrFN. The van der Waals surface area contributed by atoms with E-state index in [2.05, 4.69) is 15.9 Å². The molecule has 0 spiro atoms. The lowest BCUT2D eigenvalue weighted by molar-refractivity contribution is 0.453. The van der Waals surface area contributed by atoms with Crippen LogP contribution in [0.15, 0.2) is 22.7 Å². The third kappa shape index (κ3) is 3.52. The lowest BCUT2D eigenvalue weighted by atomic mass is 9.95. The summed E-state index contributed by atoms with van der Waals surface area (Å²) in [6.45, 7) is 0. The van der Waals surface area contributed by atoms with Crippen LogP contribution in [0, 0.1) is 11.7 Å². The van der Waals surface area contributed by atoms with Gasteiger partial charge in [-0.05, 0) is 36.5 Å². The molecule has 0 saturated heterocycles. The molecule has 1 aliphatic rings. The molecule has 3 heteroatoms. The highest BCUT2D eigenvalue weighted by Gasteiger charge is 2.17. The average molecular weight is 300 g/mol. The summed E-state index contributed by atoms with van der Waals surface area (Å²) in [6.07, 6.45) is 7.66. The first-order valence-electron chi connectivity index (χ1n) is 6.37. The quantitative estimate of drug-likeness (QED) is 0.866. The first-order chi connectivity index (χ1) is 8.16. The molecular weight excluding hydrogens is 281 g/mol. The molecule has 94 valence electrons. The third-order valence-electron chi connectivity index (χ3n) is 3.72. The Labute approximate surface area is 111 Å². The van der Waals surface area contributed by atoms with Crippen molar-refractivity contribution >= 4 is 15.9 Å². The van der Waals surface area contributed by atoms with Gasteiger partial charge in [0.25, 0.3) is 0 Å². The molecule has 0 aromatic heterocycles. The van der Waals surface area contributed by atoms with Crippen LogP contribution in [0.3, 0.4) is 0 Å². The van der Waals surface area contributed by atoms with Gasteiger partial charge in [-0.3, -0.25) is 0 Å². The Morgan fingerprint density at radius 3 is 2.71 bits per heavy atom. The van der Waals surface area contributed by atoms with Gasteiger partial charge in [0.1, 0.15) is 5.82 Å². The Kier molecular flexibility index (Phi) is 4.57. The number of rotatable bonds is 4. The molecule has 0 aliphatic heterocycles. The summed E-state index contributed by atoms with van der Waals surface area (Å²) in [5.74, 6) is 0.642. The van der Waals surface area contributed by atoms with E-state index in [0.717, 1.165) is 22.4 Å². The Bertz CT molecular complexity index is 374. The standard InChI is InChI=1S/C14H19BrFN/c15-13-9-11(16)6-7-12(13)14(17)8-5-10-3-1-2-4-10/h6-7,9-10,14H,1-5,8,17H2. The molecule has 1 saturated carbocycles. The molecule has 1 atom stereocenters. The average Bonchev–Trinajstić information content (AvgIpc) is 2.78. The van der Waals surface area contributed by atoms with Crippen LogP contribution in [0.5, 0.6) is 0 Å². The normalized spacial score (nSPS) is 18.5. The molecule has 1 fully saturated rings. The molecule has 1 unspecified atom stereocenters. The SMILES string of the molecule is NC(CCC1CCCC1)c1ccc(F)cc1Br. The maximum atomic E-state index is 13.0. The van der Waals surface area contributed by atoms with Gasteiger partial charge in [0.05, 0.1) is 0 Å². The van der Waals surface area contributed by atoms with E-state index in [9.17, 15) is 4.39 Å². The molecule has 1 nitrogen and oxygen atoms in total. The fourth-order valence-electron chi connectivity index (χ4n) is 2.67. The second-order valence-electron chi connectivity index (χ2n) is 5.00. The molecule has 1 aliphatic carbocycles. The fraction of sp³-hybridized carbons (Fsp3) is 0.571. The molecule has 17 heavy (non-hydrogen) atoms. The van der Waals surface area contributed by atoms with Crippen LogP contribution in [0.1, 0.15) is 50.1 Å². The van der Waals surface area contributed by atoms with Crippen LogP contribution >= 0.6 is 15.9 Å². The number of hydrogen-bond acceptors (Lipinski definition) is 1. The lowest BCUT2D eigenvalue weighted by Crippen LogP contribution is -2.12.